The third-order valence-corrected chi connectivity index (χ3v) is 7.34. The Morgan fingerprint density at radius 1 is 0.500 bits per heavy atom. The normalized spacial score (nSPS) is 11.8. The molecule has 6 heteroatoms. The van der Waals surface area contributed by atoms with Crippen molar-refractivity contribution in [1.82, 2.24) is 0 Å². The van der Waals surface area contributed by atoms with Crippen molar-refractivity contribution < 1.29 is 46.7 Å². The topological polar surface area (TPSA) is 66.4 Å². The maximum absolute atomic E-state index is 10.3. The van der Waals surface area contributed by atoms with Crippen LogP contribution in [-0.4, -0.2) is 19.6 Å². The van der Waals surface area contributed by atoms with Gasteiger partial charge in [-0.3, -0.25) is 4.18 Å². The van der Waals surface area contributed by atoms with Crippen LogP contribution in [0.1, 0.15) is 174 Å². The maximum atomic E-state index is 10.3. The second kappa shape index (κ2) is 31.8. The largest absolute Gasteiger partial charge is 1.00 e. The molecule has 0 aromatic carbocycles. The summed E-state index contributed by atoms with van der Waals surface area (Å²) in [6, 6.07) is 0. The van der Waals surface area contributed by atoms with Crippen molar-refractivity contribution in [2.24, 2.45) is 0 Å². The summed E-state index contributed by atoms with van der Waals surface area (Å²) in [6.07, 6.45) is 39.0. The number of hydrogen-bond donors (Lipinski definition) is 0. The van der Waals surface area contributed by atoms with Crippen molar-refractivity contribution in [3.05, 3.63) is 12.2 Å². The molecule has 0 heterocycles. The number of hydrogen-bond acceptors (Lipinski definition) is 4. The van der Waals surface area contributed by atoms with Crippen LogP contribution in [0.15, 0.2) is 12.2 Å². The second-order valence-electron chi connectivity index (χ2n) is 10.4. The van der Waals surface area contributed by atoms with Crippen LogP contribution in [0.5, 0.6) is 0 Å². The van der Waals surface area contributed by atoms with Gasteiger partial charge in [-0.15, -0.1) is 0 Å². The summed E-state index contributed by atoms with van der Waals surface area (Å²) >= 11 is 0. The molecule has 0 aliphatic carbocycles. The fourth-order valence-corrected chi connectivity index (χ4v) is 4.95. The average molecular weight is 539 g/mol. The first-order valence-electron chi connectivity index (χ1n) is 15.3. The predicted octanol–water partition coefficient (Wildman–Crippen LogP) is 7.19. The minimum absolute atomic E-state index is 0. The van der Waals surface area contributed by atoms with Gasteiger partial charge >= 0.3 is 29.6 Å². The van der Waals surface area contributed by atoms with Crippen molar-refractivity contribution in [2.45, 2.75) is 174 Å². The quantitative estimate of drug-likeness (QED) is 0.0332. The molecular weight excluding hydrogens is 479 g/mol. The molecule has 0 bridgehead atoms. The minimum Gasteiger partial charge on any atom is -0.726 e. The molecule has 0 aliphatic heterocycles. The minimum atomic E-state index is -4.51. The second-order valence-corrected chi connectivity index (χ2v) is 11.5. The van der Waals surface area contributed by atoms with Crippen molar-refractivity contribution in [1.29, 1.82) is 0 Å². The Kier molecular flexibility index (Phi) is 34.3. The van der Waals surface area contributed by atoms with Gasteiger partial charge in [-0.25, -0.2) is 8.42 Å². The third-order valence-electron chi connectivity index (χ3n) is 6.88. The molecule has 0 atom stereocenters. The van der Waals surface area contributed by atoms with E-state index < -0.39 is 10.4 Å². The summed E-state index contributed by atoms with van der Waals surface area (Å²) in [6.45, 7) is 2.32. The van der Waals surface area contributed by atoms with Gasteiger partial charge in [-0.05, 0) is 32.1 Å². The van der Waals surface area contributed by atoms with E-state index in [0.717, 1.165) is 12.8 Å². The molecule has 0 radical (unpaired) electrons. The fourth-order valence-electron chi connectivity index (χ4n) is 4.63. The van der Waals surface area contributed by atoms with Crippen LogP contribution in [0.25, 0.3) is 0 Å². The molecule has 0 saturated carbocycles. The van der Waals surface area contributed by atoms with Gasteiger partial charge in [0.1, 0.15) is 0 Å². The van der Waals surface area contributed by atoms with Crippen LogP contribution in [0.3, 0.4) is 0 Å². The first-order chi connectivity index (χ1) is 17.1. The molecule has 210 valence electrons. The van der Waals surface area contributed by atoms with Gasteiger partial charge in [0.15, 0.2) is 0 Å². The molecule has 0 unspecified atom stereocenters. The van der Waals surface area contributed by atoms with E-state index in [0.29, 0.717) is 6.42 Å². The first-order valence-corrected chi connectivity index (χ1v) is 16.6. The van der Waals surface area contributed by atoms with E-state index in [9.17, 15) is 13.0 Å². The zero-order chi connectivity index (χ0) is 25.7. The number of allylic oxidation sites excluding steroid dienone is 2. The van der Waals surface area contributed by atoms with E-state index in [-0.39, 0.29) is 36.2 Å². The van der Waals surface area contributed by atoms with Crippen LogP contribution in [-0.2, 0) is 14.6 Å². The molecular formula is C30H59NaO4S. The van der Waals surface area contributed by atoms with Gasteiger partial charge in [0, 0.05) is 0 Å². The molecule has 4 nitrogen and oxygen atoms in total. The van der Waals surface area contributed by atoms with E-state index in [1.165, 1.54) is 148 Å². The first kappa shape index (κ1) is 38.8. The fraction of sp³-hybridized carbons (Fsp3) is 0.933. The summed E-state index contributed by atoms with van der Waals surface area (Å²) in [4.78, 5) is 0. The molecule has 0 fully saturated rings. The molecule has 0 rings (SSSR count). The van der Waals surface area contributed by atoms with Crippen LogP contribution in [0, 0.1) is 0 Å². The zero-order valence-electron chi connectivity index (χ0n) is 24.3. The Morgan fingerprint density at radius 3 is 1.08 bits per heavy atom. The van der Waals surface area contributed by atoms with Crippen LogP contribution in [0.2, 0.25) is 0 Å². The van der Waals surface area contributed by atoms with Crippen LogP contribution in [0.4, 0.5) is 0 Å². The Bertz CT molecular complexity index is 537. The van der Waals surface area contributed by atoms with Gasteiger partial charge in [0.25, 0.3) is 0 Å². The Labute approximate surface area is 248 Å². The van der Waals surface area contributed by atoms with Crippen molar-refractivity contribution in [2.75, 3.05) is 6.61 Å². The standard InChI is InChI=1S/C30H60O4S.Na/c1-2-3-4-5-6-7-8-9-10-11-12-13-14-15-16-17-18-19-20-21-22-23-24-25-26-27-28-29-30-34-35(31,32)33;/h15-16H,2-14,17-30H2,1H3,(H,31,32,33);/q;+1/p-1. The predicted molar refractivity (Wildman–Crippen MR) is 151 cm³/mol. The summed E-state index contributed by atoms with van der Waals surface area (Å²) in [7, 11) is -4.51. The average Bonchev–Trinajstić information content (AvgIpc) is 2.82. The third kappa shape index (κ3) is 36.8. The van der Waals surface area contributed by atoms with E-state index >= 15 is 0 Å². The van der Waals surface area contributed by atoms with Crippen molar-refractivity contribution >= 4 is 10.4 Å². The van der Waals surface area contributed by atoms with Gasteiger partial charge in [0.05, 0.1) is 6.61 Å². The van der Waals surface area contributed by atoms with E-state index in [4.69, 9.17) is 0 Å². The van der Waals surface area contributed by atoms with Gasteiger partial charge in [-0.1, -0.05) is 154 Å². The molecule has 0 N–H and O–H groups in total. The van der Waals surface area contributed by atoms with E-state index in [1.807, 2.05) is 0 Å². The molecule has 0 spiro atoms. The Morgan fingerprint density at radius 2 is 0.778 bits per heavy atom. The summed E-state index contributed by atoms with van der Waals surface area (Å²) < 4.78 is 35.1. The van der Waals surface area contributed by atoms with Gasteiger partial charge in [-0.2, -0.15) is 0 Å². The molecule has 0 saturated heterocycles. The van der Waals surface area contributed by atoms with Crippen molar-refractivity contribution in [3.63, 3.8) is 0 Å². The molecule has 0 amide bonds. The number of rotatable bonds is 29. The molecule has 0 aliphatic rings. The number of unbranched alkanes of at least 4 members (excludes halogenated alkanes) is 24. The smallest absolute Gasteiger partial charge is 0.726 e. The van der Waals surface area contributed by atoms with Crippen LogP contribution >= 0.6 is 0 Å². The molecule has 0 aromatic rings. The summed E-state index contributed by atoms with van der Waals surface area (Å²) in [5.41, 5.74) is 0. The Balaban J connectivity index is 0. The van der Waals surface area contributed by atoms with Gasteiger partial charge < -0.3 is 4.55 Å². The van der Waals surface area contributed by atoms with Gasteiger partial charge in [0.2, 0.25) is 10.4 Å². The SMILES string of the molecule is CCCCCCCCCCCCCCC=CCCCCCCCCCCCCCCOS(=O)(=O)[O-].[Na+]. The monoisotopic (exact) mass is 538 g/mol. The molecule has 0 aromatic heterocycles. The van der Waals surface area contributed by atoms with E-state index in [1.54, 1.807) is 0 Å². The molecule has 36 heavy (non-hydrogen) atoms. The van der Waals surface area contributed by atoms with E-state index in [2.05, 4.69) is 23.3 Å². The Hall–Kier alpha value is 0.610. The van der Waals surface area contributed by atoms with Crippen LogP contribution < -0.4 is 29.6 Å². The summed E-state index contributed by atoms with van der Waals surface area (Å²) in [5.74, 6) is 0. The van der Waals surface area contributed by atoms with Crippen molar-refractivity contribution in [3.8, 4) is 0 Å². The maximum Gasteiger partial charge on any atom is 1.00 e. The zero-order valence-corrected chi connectivity index (χ0v) is 27.1. The summed E-state index contributed by atoms with van der Waals surface area (Å²) in [5, 5.41) is 0.